The van der Waals surface area contributed by atoms with E-state index in [0.29, 0.717) is 23.6 Å². The van der Waals surface area contributed by atoms with Crippen LogP contribution in [0.25, 0.3) is 0 Å². The third kappa shape index (κ3) is 3.30. The predicted molar refractivity (Wildman–Crippen MR) is 73.0 cm³/mol. The molecule has 1 aliphatic carbocycles. The lowest BCUT2D eigenvalue weighted by Gasteiger charge is -2.11. The minimum Gasteiger partial charge on any atom is -0.326 e. The molecule has 0 heterocycles. The predicted octanol–water partition coefficient (Wildman–Crippen LogP) is 3.42. The number of benzene rings is 1. The molecule has 1 fully saturated rings. The summed E-state index contributed by atoms with van der Waals surface area (Å²) in [5.74, 6) is 0.425. The van der Waals surface area contributed by atoms with Gasteiger partial charge in [0.15, 0.2) is 0 Å². The van der Waals surface area contributed by atoms with Gasteiger partial charge in [-0.05, 0) is 31.7 Å². The molecule has 5 nitrogen and oxygen atoms in total. The molecule has 19 heavy (non-hydrogen) atoms. The second-order valence-corrected chi connectivity index (χ2v) is 5.11. The second kappa shape index (κ2) is 5.82. The van der Waals surface area contributed by atoms with Crippen molar-refractivity contribution in [1.82, 2.24) is 0 Å². The number of hydrogen-bond donors (Lipinski definition) is 1. The second-order valence-electron chi connectivity index (χ2n) is 5.11. The summed E-state index contributed by atoms with van der Waals surface area (Å²) in [4.78, 5) is 22.3. The van der Waals surface area contributed by atoms with Gasteiger partial charge in [0.05, 0.1) is 16.2 Å². The zero-order valence-corrected chi connectivity index (χ0v) is 11.0. The Morgan fingerprint density at radius 2 is 2.11 bits per heavy atom. The fraction of sp³-hybridized carbons (Fsp3) is 0.500. The van der Waals surface area contributed by atoms with Gasteiger partial charge in [-0.2, -0.15) is 0 Å². The molecule has 0 aliphatic heterocycles. The van der Waals surface area contributed by atoms with Crippen LogP contribution in [-0.4, -0.2) is 10.8 Å². The summed E-state index contributed by atoms with van der Waals surface area (Å²) in [5, 5.41) is 13.6. The maximum atomic E-state index is 11.9. The first-order chi connectivity index (χ1) is 9.08. The fourth-order valence-electron chi connectivity index (χ4n) is 2.63. The van der Waals surface area contributed by atoms with Gasteiger partial charge in [-0.25, -0.2) is 0 Å². The van der Waals surface area contributed by atoms with Crippen LogP contribution in [0.3, 0.4) is 0 Å². The van der Waals surface area contributed by atoms with E-state index >= 15 is 0 Å². The number of rotatable bonds is 4. The van der Waals surface area contributed by atoms with Crippen LogP contribution in [0, 0.1) is 23.0 Å². The van der Waals surface area contributed by atoms with Crippen LogP contribution in [0.1, 0.15) is 37.7 Å². The molecule has 1 aromatic carbocycles. The summed E-state index contributed by atoms with van der Waals surface area (Å²) in [7, 11) is 0. The van der Waals surface area contributed by atoms with E-state index in [9.17, 15) is 14.9 Å². The van der Waals surface area contributed by atoms with E-state index in [4.69, 9.17) is 0 Å². The maximum Gasteiger partial charge on any atom is 0.274 e. The minimum absolute atomic E-state index is 0.0404. The van der Waals surface area contributed by atoms with E-state index in [1.807, 2.05) is 0 Å². The number of nitrogens with zero attached hydrogens (tertiary/aromatic N) is 1. The van der Waals surface area contributed by atoms with Crippen LogP contribution in [0.4, 0.5) is 11.4 Å². The molecule has 0 aromatic heterocycles. The molecule has 1 amide bonds. The number of carbonyl (C=O) groups is 1. The number of carbonyl (C=O) groups excluding carboxylic acids is 1. The van der Waals surface area contributed by atoms with Crippen LogP contribution < -0.4 is 5.32 Å². The summed E-state index contributed by atoms with van der Waals surface area (Å²) in [6, 6.07) is 4.74. The summed E-state index contributed by atoms with van der Waals surface area (Å²) in [6.07, 6.45) is 5.15. The zero-order chi connectivity index (χ0) is 13.8. The fourth-order valence-corrected chi connectivity index (χ4v) is 2.63. The third-order valence-electron chi connectivity index (χ3n) is 3.72. The van der Waals surface area contributed by atoms with Crippen LogP contribution in [-0.2, 0) is 4.79 Å². The van der Waals surface area contributed by atoms with E-state index in [-0.39, 0.29) is 11.6 Å². The van der Waals surface area contributed by atoms with Crippen LogP contribution in [0.15, 0.2) is 18.2 Å². The molecule has 0 unspecified atom stereocenters. The van der Waals surface area contributed by atoms with Gasteiger partial charge in [-0.15, -0.1) is 0 Å². The number of amides is 1. The van der Waals surface area contributed by atoms with Gasteiger partial charge in [0.1, 0.15) is 0 Å². The Morgan fingerprint density at radius 3 is 2.74 bits per heavy atom. The molecule has 1 N–H and O–H groups in total. The van der Waals surface area contributed by atoms with Crippen LogP contribution in [0.2, 0.25) is 0 Å². The molecular formula is C14H18N2O3. The molecule has 0 saturated heterocycles. The SMILES string of the molecule is Cc1c(NC(=O)CC2CCCC2)cccc1[N+](=O)[O-]. The van der Waals surface area contributed by atoms with Crippen molar-refractivity contribution in [2.75, 3.05) is 5.32 Å². The van der Waals surface area contributed by atoms with E-state index in [2.05, 4.69) is 5.32 Å². The molecule has 102 valence electrons. The highest BCUT2D eigenvalue weighted by Crippen LogP contribution is 2.29. The Bertz CT molecular complexity index is 493. The highest BCUT2D eigenvalue weighted by Gasteiger charge is 2.20. The van der Waals surface area contributed by atoms with Crippen molar-refractivity contribution < 1.29 is 9.72 Å². The zero-order valence-electron chi connectivity index (χ0n) is 11.0. The van der Waals surface area contributed by atoms with Crippen molar-refractivity contribution in [2.24, 2.45) is 5.92 Å². The van der Waals surface area contributed by atoms with Gasteiger partial charge < -0.3 is 5.32 Å². The number of hydrogen-bond acceptors (Lipinski definition) is 3. The van der Waals surface area contributed by atoms with Gasteiger partial charge in [0.2, 0.25) is 5.91 Å². The van der Waals surface area contributed by atoms with Crippen LogP contribution >= 0.6 is 0 Å². The van der Waals surface area contributed by atoms with E-state index in [1.54, 1.807) is 19.1 Å². The average molecular weight is 262 g/mol. The van der Waals surface area contributed by atoms with E-state index in [1.165, 1.54) is 18.9 Å². The molecule has 2 rings (SSSR count). The summed E-state index contributed by atoms with van der Waals surface area (Å²) >= 11 is 0. The lowest BCUT2D eigenvalue weighted by atomic mass is 10.0. The Kier molecular flexibility index (Phi) is 4.14. The van der Waals surface area contributed by atoms with Crippen molar-refractivity contribution in [3.05, 3.63) is 33.9 Å². The van der Waals surface area contributed by atoms with Gasteiger partial charge in [0, 0.05) is 12.5 Å². The Balaban J connectivity index is 2.04. The van der Waals surface area contributed by atoms with Crippen molar-refractivity contribution in [2.45, 2.75) is 39.0 Å². The van der Waals surface area contributed by atoms with Crippen molar-refractivity contribution in [3.8, 4) is 0 Å². The lowest BCUT2D eigenvalue weighted by molar-refractivity contribution is -0.385. The largest absolute Gasteiger partial charge is 0.326 e. The quantitative estimate of drug-likeness (QED) is 0.667. The normalized spacial score (nSPS) is 15.4. The first-order valence-corrected chi connectivity index (χ1v) is 6.62. The van der Waals surface area contributed by atoms with E-state index < -0.39 is 4.92 Å². The first-order valence-electron chi connectivity index (χ1n) is 6.62. The van der Waals surface area contributed by atoms with E-state index in [0.717, 1.165) is 12.8 Å². The molecule has 0 atom stereocenters. The highest BCUT2D eigenvalue weighted by molar-refractivity contribution is 5.92. The standard InChI is InChI=1S/C14H18N2O3/c1-10-12(7-4-8-13(10)16(18)19)15-14(17)9-11-5-2-3-6-11/h4,7-8,11H,2-3,5-6,9H2,1H3,(H,15,17). The maximum absolute atomic E-state index is 11.9. The molecular weight excluding hydrogens is 244 g/mol. The highest BCUT2D eigenvalue weighted by atomic mass is 16.6. The van der Waals surface area contributed by atoms with Crippen molar-refractivity contribution in [3.63, 3.8) is 0 Å². The summed E-state index contributed by atoms with van der Waals surface area (Å²) in [6.45, 7) is 1.66. The Morgan fingerprint density at radius 1 is 1.42 bits per heavy atom. The van der Waals surface area contributed by atoms with Gasteiger partial charge in [-0.3, -0.25) is 14.9 Å². The smallest absolute Gasteiger partial charge is 0.274 e. The molecule has 5 heteroatoms. The Hall–Kier alpha value is -1.91. The van der Waals surface area contributed by atoms with Crippen LogP contribution in [0.5, 0.6) is 0 Å². The number of nitro groups is 1. The number of anilines is 1. The molecule has 1 aromatic rings. The lowest BCUT2D eigenvalue weighted by Crippen LogP contribution is -2.16. The van der Waals surface area contributed by atoms with Crippen molar-refractivity contribution >= 4 is 17.3 Å². The first kappa shape index (κ1) is 13.5. The molecule has 0 radical (unpaired) electrons. The molecule has 1 saturated carbocycles. The van der Waals surface area contributed by atoms with Gasteiger partial charge >= 0.3 is 0 Å². The third-order valence-corrected chi connectivity index (χ3v) is 3.72. The minimum atomic E-state index is -0.429. The number of nitrogens with one attached hydrogen (secondary N) is 1. The Labute approximate surface area is 112 Å². The molecule has 0 bridgehead atoms. The van der Waals surface area contributed by atoms with Gasteiger partial charge in [0.25, 0.3) is 5.69 Å². The molecule has 1 aliphatic rings. The topological polar surface area (TPSA) is 72.2 Å². The van der Waals surface area contributed by atoms with Gasteiger partial charge in [-0.1, -0.05) is 18.9 Å². The summed E-state index contributed by atoms with van der Waals surface area (Å²) in [5.41, 5.74) is 1.09. The molecule has 0 spiro atoms. The number of nitro benzene ring substituents is 1. The van der Waals surface area contributed by atoms with Crippen molar-refractivity contribution in [1.29, 1.82) is 0 Å². The average Bonchev–Trinajstić information content (AvgIpc) is 2.84. The monoisotopic (exact) mass is 262 g/mol. The summed E-state index contributed by atoms with van der Waals surface area (Å²) < 4.78 is 0.